The summed E-state index contributed by atoms with van der Waals surface area (Å²) in [6, 6.07) is 7.81. The molecule has 1 rings (SSSR count). The van der Waals surface area contributed by atoms with Gasteiger partial charge in [-0.15, -0.1) is 0 Å². The first-order valence-corrected chi connectivity index (χ1v) is 4.85. The van der Waals surface area contributed by atoms with Gasteiger partial charge in [-0.2, -0.15) is 0 Å². The van der Waals surface area contributed by atoms with Gasteiger partial charge < -0.3 is 5.32 Å². The van der Waals surface area contributed by atoms with Crippen molar-refractivity contribution in [2.45, 2.75) is 20.8 Å². The normalized spacial score (nSPS) is 11.4. The molecule has 1 nitrogen and oxygen atoms in total. The summed E-state index contributed by atoms with van der Waals surface area (Å²) in [5, 5.41) is 4.10. The third kappa shape index (κ3) is 3.69. The highest BCUT2D eigenvalue weighted by Gasteiger charge is 2.09. The molecule has 0 heterocycles. The van der Waals surface area contributed by atoms with Crippen LogP contribution in [0.1, 0.15) is 20.8 Å². The second-order valence-electron chi connectivity index (χ2n) is 4.39. The molecule has 0 aliphatic carbocycles. The lowest BCUT2D eigenvalue weighted by atomic mass is 9.97. The smallest absolute Gasteiger partial charge is 0.0637 e. The van der Waals surface area contributed by atoms with E-state index in [1.165, 1.54) is 0 Å². The Balaban J connectivity index is 2.60. The molecule has 1 aromatic carbocycles. The van der Waals surface area contributed by atoms with Crippen LogP contribution in [0, 0.1) is 5.41 Å². The van der Waals surface area contributed by atoms with Crippen LogP contribution in [0.15, 0.2) is 24.3 Å². The van der Waals surface area contributed by atoms with E-state index in [4.69, 9.17) is 11.6 Å². The molecule has 72 valence electrons. The molecule has 1 N–H and O–H groups in total. The van der Waals surface area contributed by atoms with Gasteiger partial charge in [0.05, 0.1) is 10.7 Å². The van der Waals surface area contributed by atoms with Crippen LogP contribution in [0.4, 0.5) is 5.69 Å². The summed E-state index contributed by atoms with van der Waals surface area (Å²) in [5.41, 5.74) is 1.29. The van der Waals surface area contributed by atoms with Gasteiger partial charge in [0.25, 0.3) is 0 Å². The van der Waals surface area contributed by atoms with E-state index in [-0.39, 0.29) is 5.41 Å². The highest BCUT2D eigenvalue weighted by Crippen LogP contribution is 2.22. The molecule has 0 saturated heterocycles. The van der Waals surface area contributed by atoms with Gasteiger partial charge in [0.15, 0.2) is 0 Å². The fraction of sp³-hybridized carbons (Fsp3) is 0.455. The maximum Gasteiger partial charge on any atom is 0.0637 e. The summed E-state index contributed by atoms with van der Waals surface area (Å²) in [4.78, 5) is 0. The number of hydrogen-bond acceptors (Lipinski definition) is 1. The molecule has 0 amide bonds. The summed E-state index contributed by atoms with van der Waals surface area (Å²) in [7, 11) is 0. The second kappa shape index (κ2) is 4.01. The van der Waals surface area contributed by atoms with Gasteiger partial charge in [-0.1, -0.05) is 44.5 Å². The molecule has 0 spiro atoms. The Labute approximate surface area is 85.1 Å². The standard InChI is InChI=1S/C11H16ClN/c1-11(2,3)8-13-10-7-5-4-6-9(10)12/h4-7,13H,8H2,1-3H3. The van der Waals surface area contributed by atoms with Crippen molar-refractivity contribution in [3.8, 4) is 0 Å². The highest BCUT2D eigenvalue weighted by atomic mass is 35.5. The van der Waals surface area contributed by atoms with E-state index >= 15 is 0 Å². The number of nitrogens with one attached hydrogen (secondary N) is 1. The first-order valence-electron chi connectivity index (χ1n) is 4.47. The minimum atomic E-state index is 0.277. The van der Waals surface area contributed by atoms with Crippen LogP contribution in [0.3, 0.4) is 0 Å². The Kier molecular flexibility index (Phi) is 3.21. The van der Waals surface area contributed by atoms with Crippen molar-refractivity contribution in [1.82, 2.24) is 0 Å². The second-order valence-corrected chi connectivity index (χ2v) is 4.80. The van der Waals surface area contributed by atoms with E-state index < -0.39 is 0 Å². The van der Waals surface area contributed by atoms with Gasteiger partial charge in [-0.05, 0) is 17.5 Å². The number of benzene rings is 1. The molecule has 0 saturated carbocycles. The van der Waals surface area contributed by atoms with Crippen LogP contribution in [0.25, 0.3) is 0 Å². The van der Waals surface area contributed by atoms with Crippen molar-refractivity contribution in [2.75, 3.05) is 11.9 Å². The van der Waals surface area contributed by atoms with E-state index in [1.807, 2.05) is 24.3 Å². The Morgan fingerprint density at radius 3 is 2.38 bits per heavy atom. The van der Waals surface area contributed by atoms with Gasteiger partial charge in [-0.3, -0.25) is 0 Å². The van der Waals surface area contributed by atoms with Gasteiger partial charge in [0.2, 0.25) is 0 Å². The first kappa shape index (κ1) is 10.4. The number of rotatable bonds is 2. The monoisotopic (exact) mass is 197 g/mol. The van der Waals surface area contributed by atoms with Gasteiger partial charge >= 0.3 is 0 Å². The van der Waals surface area contributed by atoms with Gasteiger partial charge in [-0.25, -0.2) is 0 Å². The molecule has 1 aromatic rings. The average molecular weight is 198 g/mol. The molecule has 0 aromatic heterocycles. The van der Waals surface area contributed by atoms with E-state index in [0.717, 1.165) is 17.3 Å². The van der Waals surface area contributed by atoms with E-state index in [9.17, 15) is 0 Å². The summed E-state index contributed by atoms with van der Waals surface area (Å²) in [5.74, 6) is 0. The zero-order valence-electron chi connectivity index (χ0n) is 8.39. The predicted octanol–water partition coefficient (Wildman–Crippen LogP) is 3.80. The topological polar surface area (TPSA) is 12.0 Å². The molecule has 0 bridgehead atoms. The van der Waals surface area contributed by atoms with Crippen molar-refractivity contribution >= 4 is 17.3 Å². The lowest BCUT2D eigenvalue weighted by Crippen LogP contribution is -2.19. The van der Waals surface area contributed by atoms with E-state index in [0.29, 0.717) is 0 Å². The lowest BCUT2D eigenvalue weighted by molar-refractivity contribution is 0.443. The Bertz CT molecular complexity index is 276. The minimum absolute atomic E-state index is 0.277. The molecule has 0 atom stereocenters. The maximum atomic E-state index is 5.99. The predicted molar refractivity (Wildman–Crippen MR) is 59.4 cm³/mol. The molecule has 0 radical (unpaired) electrons. The summed E-state index contributed by atoms with van der Waals surface area (Å²) in [6.07, 6.45) is 0. The van der Waals surface area contributed by atoms with Crippen LogP contribution >= 0.6 is 11.6 Å². The third-order valence-electron chi connectivity index (χ3n) is 1.68. The van der Waals surface area contributed by atoms with E-state index in [2.05, 4.69) is 26.1 Å². The average Bonchev–Trinajstić information content (AvgIpc) is 2.01. The molecule has 13 heavy (non-hydrogen) atoms. The van der Waals surface area contributed by atoms with Crippen molar-refractivity contribution < 1.29 is 0 Å². The van der Waals surface area contributed by atoms with Crippen molar-refractivity contribution in [3.05, 3.63) is 29.3 Å². The molecule has 0 aliphatic heterocycles. The zero-order chi connectivity index (χ0) is 9.90. The number of anilines is 1. The van der Waals surface area contributed by atoms with Crippen molar-refractivity contribution in [3.63, 3.8) is 0 Å². The van der Waals surface area contributed by atoms with Crippen molar-refractivity contribution in [1.29, 1.82) is 0 Å². The van der Waals surface area contributed by atoms with Gasteiger partial charge in [0.1, 0.15) is 0 Å². The quantitative estimate of drug-likeness (QED) is 0.761. The Hall–Kier alpha value is -0.690. The zero-order valence-corrected chi connectivity index (χ0v) is 9.15. The van der Waals surface area contributed by atoms with Crippen LogP contribution in [-0.4, -0.2) is 6.54 Å². The van der Waals surface area contributed by atoms with Crippen LogP contribution in [0.2, 0.25) is 5.02 Å². The minimum Gasteiger partial charge on any atom is -0.383 e. The maximum absolute atomic E-state index is 5.99. The fourth-order valence-electron chi connectivity index (χ4n) is 0.965. The Morgan fingerprint density at radius 2 is 1.85 bits per heavy atom. The first-order chi connectivity index (χ1) is 5.99. The largest absolute Gasteiger partial charge is 0.383 e. The Morgan fingerprint density at radius 1 is 1.23 bits per heavy atom. The molecule has 0 aliphatic rings. The van der Waals surface area contributed by atoms with E-state index in [1.54, 1.807) is 0 Å². The van der Waals surface area contributed by atoms with Crippen molar-refractivity contribution in [2.24, 2.45) is 5.41 Å². The molecular formula is C11H16ClN. The summed E-state index contributed by atoms with van der Waals surface area (Å²) >= 11 is 5.99. The number of hydrogen-bond donors (Lipinski definition) is 1. The summed E-state index contributed by atoms with van der Waals surface area (Å²) in [6.45, 7) is 7.50. The molecule has 0 fully saturated rings. The third-order valence-corrected chi connectivity index (χ3v) is 2.01. The molecule has 0 unspecified atom stereocenters. The number of halogens is 1. The SMILES string of the molecule is CC(C)(C)CNc1ccccc1Cl. The highest BCUT2D eigenvalue weighted by molar-refractivity contribution is 6.33. The molecule has 2 heteroatoms. The molecular weight excluding hydrogens is 182 g/mol. The van der Waals surface area contributed by atoms with Crippen LogP contribution in [0.5, 0.6) is 0 Å². The van der Waals surface area contributed by atoms with Crippen LogP contribution < -0.4 is 5.32 Å². The fourth-order valence-corrected chi connectivity index (χ4v) is 1.17. The van der Waals surface area contributed by atoms with Crippen LogP contribution in [-0.2, 0) is 0 Å². The van der Waals surface area contributed by atoms with Gasteiger partial charge in [0, 0.05) is 6.54 Å². The lowest BCUT2D eigenvalue weighted by Gasteiger charge is -2.20. The summed E-state index contributed by atoms with van der Waals surface area (Å²) < 4.78 is 0. The number of para-hydroxylation sites is 1.